The molecule has 5 nitrogen and oxygen atoms in total. The minimum atomic E-state index is -0.936. The lowest BCUT2D eigenvalue weighted by atomic mass is 10.2. The largest absolute Gasteiger partial charge is 0.480 e. The van der Waals surface area contributed by atoms with Crippen LogP contribution in [0.15, 0.2) is 11.3 Å². The second-order valence-electron chi connectivity index (χ2n) is 3.05. The molecule has 0 aromatic carbocycles. The van der Waals surface area contributed by atoms with Gasteiger partial charge < -0.3 is 15.2 Å². The van der Waals surface area contributed by atoms with Crippen molar-refractivity contribution in [3.8, 4) is 0 Å². The van der Waals surface area contributed by atoms with E-state index < -0.39 is 5.97 Å². The first kappa shape index (κ1) is 10.6. The maximum Gasteiger partial charge on any atom is 0.335 e. The Morgan fingerprint density at radius 1 is 1.50 bits per heavy atom. The molecule has 0 amide bonds. The molecule has 0 spiro atoms. The van der Waals surface area contributed by atoms with Crippen LogP contribution in [-0.4, -0.2) is 30.7 Å². The Morgan fingerprint density at radius 2 is 2.21 bits per heavy atom. The van der Waals surface area contributed by atoms with Gasteiger partial charge in [0, 0.05) is 5.70 Å². The molecule has 0 saturated heterocycles. The number of nitrogens with one attached hydrogen (secondary N) is 1. The van der Waals surface area contributed by atoms with Gasteiger partial charge in [0.15, 0.2) is 0 Å². The number of carbonyl (C=O) groups excluding carboxylic acids is 1. The van der Waals surface area contributed by atoms with E-state index in [1.807, 2.05) is 0 Å². The maximum absolute atomic E-state index is 11.2. The Morgan fingerprint density at radius 3 is 2.79 bits per heavy atom. The minimum Gasteiger partial charge on any atom is -0.480 e. The van der Waals surface area contributed by atoms with Crippen LogP contribution in [0, 0.1) is 0 Å². The van der Waals surface area contributed by atoms with Crippen molar-refractivity contribution in [3.05, 3.63) is 11.3 Å². The van der Waals surface area contributed by atoms with Crippen LogP contribution in [0.5, 0.6) is 0 Å². The zero-order valence-corrected chi connectivity index (χ0v) is 8.00. The van der Waals surface area contributed by atoms with Gasteiger partial charge in [0.05, 0.1) is 12.7 Å². The lowest BCUT2D eigenvalue weighted by Crippen LogP contribution is -2.23. The molecule has 0 bridgehead atoms. The van der Waals surface area contributed by atoms with Crippen molar-refractivity contribution < 1.29 is 19.4 Å². The van der Waals surface area contributed by atoms with Gasteiger partial charge in [0.1, 0.15) is 6.54 Å². The van der Waals surface area contributed by atoms with Gasteiger partial charge in [-0.15, -0.1) is 0 Å². The Kier molecular flexibility index (Phi) is 3.50. The Labute approximate surface area is 81.7 Å². The van der Waals surface area contributed by atoms with E-state index in [2.05, 4.69) is 10.1 Å². The highest BCUT2D eigenvalue weighted by Gasteiger charge is 2.21. The highest BCUT2D eigenvalue weighted by molar-refractivity contribution is 5.89. The van der Waals surface area contributed by atoms with Crippen LogP contribution in [-0.2, 0) is 14.3 Å². The Balaban J connectivity index is 2.63. The molecule has 78 valence electrons. The van der Waals surface area contributed by atoms with Crippen molar-refractivity contribution in [1.29, 1.82) is 0 Å². The lowest BCUT2D eigenvalue weighted by molar-refractivity contribution is -0.137. The molecule has 0 aromatic heterocycles. The third-order valence-electron chi connectivity index (χ3n) is 2.10. The SMILES string of the molecule is COC(=O)C1=C(NCC(=O)O)CCC1. The number of aliphatic carboxylic acids is 1. The second kappa shape index (κ2) is 4.64. The number of carbonyl (C=O) groups is 2. The maximum atomic E-state index is 11.2. The molecule has 0 aliphatic heterocycles. The highest BCUT2D eigenvalue weighted by Crippen LogP contribution is 2.24. The molecular weight excluding hydrogens is 186 g/mol. The molecular formula is C9H13NO4. The van der Waals surface area contributed by atoms with Crippen molar-refractivity contribution in [1.82, 2.24) is 5.32 Å². The minimum absolute atomic E-state index is 0.157. The molecule has 0 aromatic rings. The highest BCUT2D eigenvalue weighted by atomic mass is 16.5. The van der Waals surface area contributed by atoms with E-state index in [9.17, 15) is 9.59 Å². The fraction of sp³-hybridized carbons (Fsp3) is 0.556. The van der Waals surface area contributed by atoms with Gasteiger partial charge >= 0.3 is 11.9 Å². The molecule has 1 rings (SSSR count). The zero-order valence-electron chi connectivity index (χ0n) is 8.00. The van der Waals surface area contributed by atoms with Crippen LogP contribution in [0.1, 0.15) is 19.3 Å². The second-order valence-corrected chi connectivity index (χ2v) is 3.05. The number of carboxylic acids is 1. The summed E-state index contributed by atoms with van der Waals surface area (Å²) in [6, 6.07) is 0. The molecule has 0 fully saturated rings. The van der Waals surface area contributed by atoms with Crippen LogP contribution in [0.25, 0.3) is 0 Å². The quantitative estimate of drug-likeness (QED) is 0.636. The van der Waals surface area contributed by atoms with E-state index in [1.165, 1.54) is 7.11 Å². The number of hydrogen-bond donors (Lipinski definition) is 2. The lowest BCUT2D eigenvalue weighted by Gasteiger charge is -2.06. The Hall–Kier alpha value is -1.52. The standard InChI is InChI=1S/C9H13NO4/c1-14-9(13)6-3-2-4-7(6)10-5-8(11)12/h10H,2-5H2,1H3,(H,11,12). The number of ether oxygens (including phenoxy) is 1. The average Bonchev–Trinajstić information content (AvgIpc) is 2.61. The fourth-order valence-electron chi connectivity index (χ4n) is 1.47. The number of methoxy groups -OCH3 is 1. The summed E-state index contributed by atoms with van der Waals surface area (Å²) in [4.78, 5) is 21.5. The van der Waals surface area contributed by atoms with Gasteiger partial charge in [0.25, 0.3) is 0 Å². The molecule has 5 heteroatoms. The van der Waals surface area contributed by atoms with Crippen LogP contribution in [0.3, 0.4) is 0 Å². The van der Waals surface area contributed by atoms with Crippen LogP contribution in [0.4, 0.5) is 0 Å². The molecule has 0 heterocycles. The number of esters is 1. The number of carboxylic acid groups (broad SMARTS) is 1. The monoisotopic (exact) mass is 199 g/mol. The van der Waals surface area contributed by atoms with Gasteiger partial charge in [-0.1, -0.05) is 0 Å². The van der Waals surface area contributed by atoms with Crippen molar-refractivity contribution in [2.24, 2.45) is 0 Å². The number of rotatable bonds is 4. The van der Waals surface area contributed by atoms with Crippen LogP contribution in [0.2, 0.25) is 0 Å². The van der Waals surface area contributed by atoms with Gasteiger partial charge in [-0.25, -0.2) is 4.79 Å². The third-order valence-corrected chi connectivity index (χ3v) is 2.10. The van der Waals surface area contributed by atoms with Gasteiger partial charge in [0.2, 0.25) is 0 Å². The zero-order chi connectivity index (χ0) is 10.6. The third kappa shape index (κ3) is 2.48. The summed E-state index contributed by atoms with van der Waals surface area (Å²) >= 11 is 0. The summed E-state index contributed by atoms with van der Waals surface area (Å²) in [6.45, 7) is -0.157. The van der Waals surface area contributed by atoms with E-state index in [1.54, 1.807) is 0 Å². The summed E-state index contributed by atoms with van der Waals surface area (Å²) < 4.78 is 4.59. The summed E-state index contributed by atoms with van der Waals surface area (Å²) in [5.74, 6) is -1.30. The van der Waals surface area contributed by atoms with Crippen molar-refractivity contribution >= 4 is 11.9 Å². The number of allylic oxidation sites excluding steroid dienone is 1. The first-order valence-electron chi connectivity index (χ1n) is 4.41. The predicted molar refractivity (Wildman–Crippen MR) is 48.5 cm³/mol. The van der Waals surface area contributed by atoms with Crippen LogP contribution >= 0.6 is 0 Å². The molecule has 1 aliphatic rings. The Bertz CT molecular complexity index is 283. The first-order chi connectivity index (χ1) is 6.65. The molecule has 1 aliphatic carbocycles. The normalized spacial score (nSPS) is 15.5. The first-order valence-corrected chi connectivity index (χ1v) is 4.41. The summed E-state index contributed by atoms with van der Waals surface area (Å²) in [7, 11) is 1.32. The number of hydrogen-bond acceptors (Lipinski definition) is 4. The molecule has 14 heavy (non-hydrogen) atoms. The molecule has 0 saturated carbocycles. The molecule has 0 radical (unpaired) electrons. The van der Waals surface area contributed by atoms with Gasteiger partial charge in [-0.05, 0) is 19.3 Å². The van der Waals surface area contributed by atoms with E-state index >= 15 is 0 Å². The summed E-state index contributed by atoms with van der Waals surface area (Å²) in [5.41, 5.74) is 1.29. The fourth-order valence-corrected chi connectivity index (χ4v) is 1.47. The van der Waals surface area contributed by atoms with Crippen molar-refractivity contribution in [3.63, 3.8) is 0 Å². The topological polar surface area (TPSA) is 75.6 Å². The summed E-state index contributed by atoms with van der Waals surface area (Å²) in [5, 5.41) is 11.2. The van der Waals surface area contributed by atoms with E-state index in [-0.39, 0.29) is 12.5 Å². The van der Waals surface area contributed by atoms with E-state index in [4.69, 9.17) is 5.11 Å². The summed E-state index contributed by atoms with van der Waals surface area (Å²) in [6.07, 6.45) is 2.25. The predicted octanol–water partition coefficient (Wildman–Crippen LogP) is 0.272. The van der Waals surface area contributed by atoms with E-state index in [0.29, 0.717) is 17.7 Å². The van der Waals surface area contributed by atoms with E-state index in [0.717, 1.165) is 12.8 Å². The van der Waals surface area contributed by atoms with Gasteiger partial charge in [-0.3, -0.25) is 4.79 Å². The molecule has 0 atom stereocenters. The smallest absolute Gasteiger partial charge is 0.335 e. The average molecular weight is 199 g/mol. The molecule has 0 unspecified atom stereocenters. The van der Waals surface area contributed by atoms with Crippen molar-refractivity contribution in [2.45, 2.75) is 19.3 Å². The van der Waals surface area contributed by atoms with Crippen LogP contribution < -0.4 is 5.32 Å². The van der Waals surface area contributed by atoms with Crippen molar-refractivity contribution in [2.75, 3.05) is 13.7 Å². The molecule has 2 N–H and O–H groups in total. The van der Waals surface area contributed by atoms with Gasteiger partial charge in [-0.2, -0.15) is 0 Å².